The highest BCUT2D eigenvalue weighted by Gasteiger charge is 2.34. The maximum Gasteiger partial charge on any atom is 0.572 e. The van der Waals surface area contributed by atoms with Gasteiger partial charge >= 0.3 is 6.36 Å². The molecule has 2 rings (SSSR count). The van der Waals surface area contributed by atoms with Crippen molar-refractivity contribution < 1.29 is 27.8 Å². The van der Waals surface area contributed by atoms with Gasteiger partial charge in [-0.2, -0.15) is 0 Å². The highest BCUT2D eigenvalue weighted by atomic mass is 32.2. The standard InChI is InChI=1S/C13H13F3O3S/c1-7(17)10-6-20-12(11(10)18)8-2-4-9(5-3-8)19-13(14,15)16/h2,4,12,18H,3,5-6H2,1H3. The molecule has 0 saturated heterocycles. The van der Waals surface area contributed by atoms with Gasteiger partial charge in [0.2, 0.25) is 0 Å². The SMILES string of the molecule is CC(=O)C1=C(O)C(C2=CC=C(OC(F)(F)F)CC2)SC1. The summed E-state index contributed by atoms with van der Waals surface area (Å²) in [6, 6.07) is 0. The fourth-order valence-electron chi connectivity index (χ4n) is 2.13. The number of ether oxygens (including phenoxy) is 1. The first-order valence-corrected chi connectivity index (χ1v) is 7.02. The van der Waals surface area contributed by atoms with E-state index in [1.165, 1.54) is 30.8 Å². The number of carbonyl (C=O) groups is 1. The highest BCUT2D eigenvalue weighted by Crippen LogP contribution is 2.39. The second-order valence-corrected chi connectivity index (χ2v) is 5.63. The van der Waals surface area contributed by atoms with E-state index in [1.807, 2.05) is 0 Å². The number of rotatable bonds is 3. The molecule has 1 atom stereocenters. The second kappa shape index (κ2) is 5.55. The van der Waals surface area contributed by atoms with Crippen LogP contribution in [0.15, 0.2) is 34.8 Å². The molecule has 0 fully saturated rings. The van der Waals surface area contributed by atoms with Gasteiger partial charge in [-0.15, -0.1) is 24.9 Å². The number of aliphatic hydroxyl groups is 1. The van der Waals surface area contributed by atoms with E-state index >= 15 is 0 Å². The van der Waals surface area contributed by atoms with E-state index in [0.717, 1.165) is 5.57 Å². The van der Waals surface area contributed by atoms with Gasteiger partial charge in [-0.3, -0.25) is 4.79 Å². The van der Waals surface area contributed by atoms with Gasteiger partial charge in [0.25, 0.3) is 0 Å². The van der Waals surface area contributed by atoms with Crippen LogP contribution in [0.4, 0.5) is 13.2 Å². The number of Topliss-reactive ketones (excluding diaryl/α,β-unsaturated/α-hetero) is 1. The molecule has 0 bridgehead atoms. The zero-order valence-corrected chi connectivity index (χ0v) is 11.5. The van der Waals surface area contributed by atoms with E-state index in [0.29, 0.717) is 17.7 Å². The van der Waals surface area contributed by atoms with Gasteiger partial charge in [0, 0.05) is 17.7 Å². The van der Waals surface area contributed by atoms with Crippen LogP contribution in [0.5, 0.6) is 0 Å². The molecule has 1 heterocycles. The Bertz CT molecular complexity index is 517. The number of hydrogen-bond acceptors (Lipinski definition) is 4. The first kappa shape index (κ1) is 15.0. The number of alkyl halides is 3. The van der Waals surface area contributed by atoms with Crippen molar-refractivity contribution in [2.45, 2.75) is 31.4 Å². The monoisotopic (exact) mass is 306 g/mol. The topological polar surface area (TPSA) is 46.5 Å². The molecule has 110 valence electrons. The number of hydrogen-bond donors (Lipinski definition) is 1. The minimum atomic E-state index is -4.68. The molecule has 0 aromatic rings. The Morgan fingerprint density at radius 2 is 2.10 bits per heavy atom. The second-order valence-electron chi connectivity index (χ2n) is 4.53. The summed E-state index contributed by atoms with van der Waals surface area (Å²) in [4.78, 5) is 11.3. The van der Waals surface area contributed by atoms with Crippen LogP contribution in [-0.4, -0.2) is 28.3 Å². The molecule has 1 unspecified atom stereocenters. The van der Waals surface area contributed by atoms with Gasteiger partial charge < -0.3 is 9.84 Å². The number of thioether (sulfide) groups is 1. The van der Waals surface area contributed by atoms with E-state index < -0.39 is 6.36 Å². The van der Waals surface area contributed by atoms with Crippen molar-refractivity contribution in [3.63, 3.8) is 0 Å². The fourth-order valence-corrected chi connectivity index (χ4v) is 3.52. The van der Waals surface area contributed by atoms with Gasteiger partial charge in [0.05, 0.1) is 5.25 Å². The predicted molar refractivity (Wildman–Crippen MR) is 69.1 cm³/mol. The molecule has 3 nitrogen and oxygen atoms in total. The Morgan fingerprint density at radius 3 is 2.55 bits per heavy atom. The zero-order valence-electron chi connectivity index (χ0n) is 10.7. The molecule has 1 aliphatic heterocycles. The number of halogens is 3. The summed E-state index contributed by atoms with van der Waals surface area (Å²) in [6.45, 7) is 1.39. The van der Waals surface area contributed by atoms with Crippen molar-refractivity contribution in [3.8, 4) is 0 Å². The van der Waals surface area contributed by atoms with Crippen molar-refractivity contribution in [2.24, 2.45) is 0 Å². The summed E-state index contributed by atoms with van der Waals surface area (Å²) in [5.74, 6) is 0.145. The molecule has 7 heteroatoms. The Balaban J connectivity index is 2.11. The Morgan fingerprint density at radius 1 is 1.40 bits per heavy atom. The maximum atomic E-state index is 12.1. The maximum absolute atomic E-state index is 12.1. The summed E-state index contributed by atoms with van der Waals surface area (Å²) >= 11 is 1.40. The van der Waals surface area contributed by atoms with E-state index in [9.17, 15) is 23.1 Å². The lowest BCUT2D eigenvalue weighted by atomic mass is 9.98. The van der Waals surface area contributed by atoms with Crippen LogP contribution in [0.3, 0.4) is 0 Å². The minimum absolute atomic E-state index is 0.0299. The third-order valence-electron chi connectivity index (χ3n) is 3.10. The molecule has 0 saturated carbocycles. The molecule has 0 amide bonds. The fraction of sp³-hybridized carbons (Fsp3) is 0.462. The van der Waals surface area contributed by atoms with Crippen LogP contribution in [-0.2, 0) is 9.53 Å². The van der Waals surface area contributed by atoms with Crippen LogP contribution in [0.1, 0.15) is 19.8 Å². The van der Waals surface area contributed by atoms with Crippen molar-refractivity contribution in [2.75, 3.05) is 5.75 Å². The minimum Gasteiger partial charge on any atom is -0.510 e. The van der Waals surface area contributed by atoms with E-state index in [1.54, 1.807) is 0 Å². The summed E-state index contributed by atoms with van der Waals surface area (Å²) in [7, 11) is 0. The van der Waals surface area contributed by atoms with Gasteiger partial charge in [0.1, 0.15) is 11.5 Å². The molecule has 0 aromatic heterocycles. The van der Waals surface area contributed by atoms with Gasteiger partial charge in [0.15, 0.2) is 5.78 Å². The van der Waals surface area contributed by atoms with Crippen LogP contribution < -0.4 is 0 Å². The molecule has 2 aliphatic rings. The number of ketones is 1. The van der Waals surface area contributed by atoms with Crippen molar-refractivity contribution in [1.82, 2.24) is 0 Å². The first-order valence-electron chi connectivity index (χ1n) is 5.98. The van der Waals surface area contributed by atoms with Crippen LogP contribution in [0, 0.1) is 0 Å². The normalized spacial score (nSPS) is 23.5. The van der Waals surface area contributed by atoms with E-state index in [4.69, 9.17) is 0 Å². The summed E-state index contributed by atoms with van der Waals surface area (Å²) in [5, 5.41) is 9.65. The third kappa shape index (κ3) is 3.39. The molecule has 20 heavy (non-hydrogen) atoms. The van der Waals surface area contributed by atoms with E-state index in [-0.39, 0.29) is 29.0 Å². The molecule has 1 aliphatic carbocycles. The molecule has 1 N–H and O–H groups in total. The summed E-state index contributed by atoms with van der Waals surface area (Å²) < 4.78 is 40.1. The Labute approximate surface area is 118 Å². The van der Waals surface area contributed by atoms with Crippen LogP contribution in [0.2, 0.25) is 0 Å². The lowest BCUT2D eigenvalue weighted by Gasteiger charge is -2.20. The number of allylic oxidation sites excluding steroid dienone is 3. The van der Waals surface area contributed by atoms with Crippen molar-refractivity contribution >= 4 is 17.5 Å². The average Bonchev–Trinajstić information content (AvgIpc) is 2.70. The molecular formula is C13H13F3O3S. The Hall–Kier alpha value is -1.37. The summed E-state index contributed by atoms with van der Waals surface area (Å²) in [6.07, 6.45) is -1.38. The molecule has 0 spiro atoms. The predicted octanol–water partition coefficient (Wildman–Crippen LogP) is 3.64. The lowest BCUT2D eigenvalue weighted by molar-refractivity contribution is -0.306. The van der Waals surface area contributed by atoms with Crippen LogP contribution in [0.25, 0.3) is 0 Å². The molecule has 0 radical (unpaired) electrons. The summed E-state index contributed by atoms with van der Waals surface area (Å²) in [5.41, 5.74) is 1.19. The van der Waals surface area contributed by atoms with Gasteiger partial charge in [-0.25, -0.2) is 0 Å². The van der Waals surface area contributed by atoms with Crippen LogP contribution >= 0.6 is 11.8 Å². The zero-order chi connectivity index (χ0) is 14.9. The average molecular weight is 306 g/mol. The first-order chi connectivity index (χ1) is 9.28. The number of carbonyl (C=O) groups excluding carboxylic acids is 1. The lowest BCUT2D eigenvalue weighted by Crippen LogP contribution is -2.16. The largest absolute Gasteiger partial charge is 0.572 e. The quantitative estimate of drug-likeness (QED) is 0.864. The third-order valence-corrected chi connectivity index (χ3v) is 4.42. The van der Waals surface area contributed by atoms with Gasteiger partial charge in [-0.1, -0.05) is 6.08 Å². The van der Waals surface area contributed by atoms with Crippen molar-refractivity contribution in [1.29, 1.82) is 0 Å². The molecule has 0 aromatic carbocycles. The smallest absolute Gasteiger partial charge is 0.510 e. The molecular weight excluding hydrogens is 293 g/mol. The van der Waals surface area contributed by atoms with Crippen molar-refractivity contribution in [3.05, 3.63) is 34.8 Å². The Kier molecular flexibility index (Phi) is 4.17. The van der Waals surface area contributed by atoms with E-state index in [2.05, 4.69) is 4.74 Å². The van der Waals surface area contributed by atoms with Gasteiger partial charge in [-0.05, 0) is 25.0 Å². The number of aliphatic hydroxyl groups excluding tert-OH is 1. The highest BCUT2D eigenvalue weighted by molar-refractivity contribution is 8.00.